The molecule has 1 aromatic heterocycles. The van der Waals surface area contributed by atoms with Crippen LogP contribution in [0.4, 0.5) is 10.5 Å². The van der Waals surface area contributed by atoms with E-state index in [2.05, 4.69) is 15.6 Å². The molecule has 0 aliphatic carbocycles. The molecule has 0 spiro atoms. The number of pyridine rings is 1. The van der Waals surface area contributed by atoms with Crippen molar-refractivity contribution in [2.75, 3.05) is 5.32 Å². The Morgan fingerprint density at radius 3 is 2.76 bits per heavy atom. The zero-order valence-corrected chi connectivity index (χ0v) is 13.0. The van der Waals surface area contributed by atoms with Gasteiger partial charge in [-0.25, -0.2) is 4.79 Å². The number of carbonyl (C=O) groups is 1. The van der Waals surface area contributed by atoms with Gasteiger partial charge in [0, 0.05) is 28.2 Å². The number of hydrogen-bond acceptors (Lipinski definition) is 3. The second-order valence-corrected chi connectivity index (χ2v) is 5.16. The lowest BCUT2D eigenvalue weighted by Gasteiger charge is -2.09. The Balaban J connectivity index is 1.96. The molecule has 4 nitrogen and oxygen atoms in total. The van der Waals surface area contributed by atoms with E-state index < -0.39 is 6.03 Å². The summed E-state index contributed by atoms with van der Waals surface area (Å²) in [5.74, 6) is 0. The first-order valence-electron chi connectivity index (χ1n) is 6.41. The number of aromatic nitrogens is 1. The van der Waals surface area contributed by atoms with Gasteiger partial charge < -0.3 is 5.32 Å². The third kappa shape index (κ3) is 4.51. The average molecular weight is 320 g/mol. The molecule has 0 aliphatic rings. The molecule has 2 amide bonds. The van der Waals surface area contributed by atoms with Gasteiger partial charge in [-0.15, -0.1) is 0 Å². The Morgan fingerprint density at radius 1 is 1.33 bits per heavy atom. The highest BCUT2D eigenvalue weighted by atomic mass is 35.5. The molecule has 0 unspecified atom stereocenters. The summed E-state index contributed by atoms with van der Waals surface area (Å²) in [6.07, 6.45) is 2.51. The highest BCUT2D eigenvalue weighted by Crippen LogP contribution is 2.14. The lowest BCUT2D eigenvalue weighted by Crippen LogP contribution is -2.33. The number of nitrogens with one attached hydrogen (secondary N) is 2. The Hall–Kier alpha value is -1.98. The molecule has 0 aliphatic heterocycles. The van der Waals surface area contributed by atoms with Gasteiger partial charge in [0.15, 0.2) is 0 Å². The predicted octanol–water partition coefficient (Wildman–Crippen LogP) is 3.79. The summed E-state index contributed by atoms with van der Waals surface area (Å²) in [5, 5.41) is 5.81. The van der Waals surface area contributed by atoms with Crippen LogP contribution in [-0.4, -0.2) is 16.0 Å². The van der Waals surface area contributed by atoms with Crippen molar-refractivity contribution in [3.05, 3.63) is 58.9 Å². The third-order valence-corrected chi connectivity index (χ3v) is 3.33. The second kappa shape index (κ2) is 7.15. The van der Waals surface area contributed by atoms with Crippen molar-refractivity contribution >= 4 is 40.5 Å². The van der Waals surface area contributed by atoms with Gasteiger partial charge >= 0.3 is 6.03 Å². The Kier molecular flexibility index (Phi) is 5.25. The van der Waals surface area contributed by atoms with Gasteiger partial charge in [0.05, 0.1) is 0 Å². The SMILES string of the molecule is CCc1ccc(C(=S)NC(=O)Nc2cccc(Cl)c2)cn1. The molecule has 0 radical (unpaired) electrons. The van der Waals surface area contributed by atoms with Crippen LogP contribution in [0, 0.1) is 0 Å². The Bertz CT molecular complexity index is 658. The molecule has 2 aromatic rings. The molecule has 1 aromatic carbocycles. The van der Waals surface area contributed by atoms with Crippen LogP contribution in [0.2, 0.25) is 5.02 Å². The molecule has 21 heavy (non-hydrogen) atoms. The molecule has 108 valence electrons. The van der Waals surface area contributed by atoms with E-state index in [0.29, 0.717) is 21.3 Å². The van der Waals surface area contributed by atoms with Crippen molar-refractivity contribution in [2.45, 2.75) is 13.3 Å². The molecule has 0 fully saturated rings. The molecule has 0 saturated heterocycles. The zero-order valence-electron chi connectivity index (χ0n) is 11.4. The van der Waals surface area contributed by atoms with Crippen molar-refractivity contribution < 1.29 is 4.79 Å². The van der Waals surface area contributed by atoms with E-state index in [1.54, 1.807) is 30.5 Å². The van der Waals surface area contributed by atoms with Crippen LogP contribution in [0.1, 0.15) is 18.2 Å². The van der Waals surface area contributed by atoms with E-state index in [1.165, 1.54) is 0 Å². The van der Waals surface area contributed by atoms with E-state index in [0.717, 1.165) is 12.1 Å². The maximum absolute atomic E-state index is 11.9. The number of hydrogen-bond donors (Lipinski definition) is 2. The quantitative estimate of drug-likeness (QED) is 0.846. The van der Waals surface area contributed by atoms with E-state index in [9.17, 15) is 4.79 Å². The molecule has 1 heterocycles. The lowest BCUT2D eigenvalue weighted by atomic mass is 10.2. The third-order valence-electron chi connectivity index (χ3n) is 2.76. The van der Waals surface area contributed by atoms with Crippen molar-refractivity contribution in [1.82, 2.24) is 10.3 Å². The minimum atomic E-state index is -0.415. The van der Waals surface area contributed by atoms with Gasteiger partial charge in [0.25, 0.3) is 0 Å². The molecule has 0 bridgehead atoms. The summed E-state index contributed by atoms with van der Waals surface area (Å²) >= 11 is 11.0. The van der Waals surface area contributed by atoms with Crippen LogP contribution in [0.3, 0.4) is 0 Å². The minimum absolute atomic E-state index is 0.324. The van der Waals surface area contributed by atoms with E-state index in [1.807, 2.05) is 19.1 Å². The maximum Gasteiger partial charge on any atom is 0.324 e. The number of aryl methyl sites for hydroxylation is 1. The highest BCUT2D eigenvalue weighted by Gasteiger charge is 2.07. The van der Waals surface area contributed by atoms with E-state index >= 15 is 0 Å². The van der Waals surface area contributed by atoms with Crippen LogP contribution in [0.15, 0.2) is 42.6 Å². The van der Waals surface area contributed by atoms with Gasteiger partial charge in [-0.1, -0.05) is 36.8 Å². The normalized spacial score (nSPS) is 10.0. The van der Waals surface area contributed by atoms with Crippen molar-refractivity contribution in [3.63, 3.8) is 0 Å². The summed E-state index contributed by atoms with van der Waals surface area (Å²) in [6, 6.07) is 10.2. The first-order chi connectivity index (χ1) is 10.1. The van der Waals surface area contributed by atoms with Crippen molar-refractivity contribution in [3.8, 4) is 0 Å². The largest absolute Gasteiger partial charge is 0.324 e. The fraction of sp³-hybridized carbons (Fsp3) is 0.133. The number of urea groups is 1. The van der Waals surface area contributed by atoms with Crippen LogP contribution in [0.5, 0.6) is 0 Å². The summed E-state index contributed by atoms with van der Waals surface area (Å²) in [7, 11) is 0. The molecule has 0 atom stereocenters. The summed E-state index contributed by atoms with van der Waals surface area (Å²) in [6.45, 7) is 2.02. The molecule has 6 heteroatoms. The average Bonchev–Trinajstić information content (AvgIpc) is 2.47. The van der Waals surface area contributed by atoms with E-state index in [4.69, 9.17) is 23.8 Å². The van der Waals surface area contributed by atoms with Crippen LogP contribution >= 0.6 is 23.8 Å². The van der Waals surface area contributed by atoms with Crippen molar-refractivity contribution in [2.24, 2.45) is 0 Å². The monoisotopic (exact) mass is 319 g/mol. The number of halogens is 1. The van der Waals surface area contributed by atoms with Gasteiger partial charge in [0.1, 0.15) is 4.99 Å². The Labute approximate surface area is 133 Å². The van der Waals surface area contributed by atoms with Gasteiger partial charge in [-0.2, -0.15) is 0 Å². The van der Waals surface area contributed by atoms with Gasteiger partial charge in [0.2, 0.25) is 0 Å². The molecular weight excluding hydrogens is 306 g/mol. The summed E-state index contributed by atoms with van der Waals surface area (Å²) in [4.78, 5) is 16.4. The smallest absolute Gasteiger partial charge is 0.308 e. The molecular formula is C15H14ClN3OS. The molecule has 2 rings (SSSR count). The number of benzene rings is 1. The molecule has 0 saturated carbocycles. The zero-order chi connectivity index (χ0) is 15.2. The fourth-order valence-corrected chi connectivity index (χ4v) is 2.08. The standard InChI is InChI=1S/C15H14ClN3OS/c1-2-12-7-6-10(9-17-12)14(21)19-15(20)18-13-5-3-4-11(16)8-13/h3-9H,2H2,1H3,(H2,18,19,20,21). The maximum atomic E-state index is 11.9. The number of carbonyl (C=O) groups excluding carboxylic acids is 1. The Morgan fingerprint density at radius 2 is 2.14 bits per heavy atom. The number of rotatable bonds is 3. The number of thiocarbonyl (C=S) groups is 1. The minimum Gasteiger partial charge on any atom is -0.308 e. The van der Waals surface area contributed by atoms with Crippen LogP contribution in [0.25, 0.3) is 0 Å². The summed E-state index contributed by atoms with van der Waals surface area (Å²) < 4.78 is 0. The topological polar surface area (TPSA) is 54.0 Å². The van der Waals surface area contributed by atoms with Crippen LogP contribution in [-0.2, 0) is 6.42 Å². The predicted molar refractivity (Wildman–Crippen MR) is 88.9 cm³/mol. The first-order valence-corrected chi connectivity index (χ1v) is 7.20. The highest BCUT2D eigenvalue weighted by molar-refractivity contribution is 7.80. The first kappa shape index (κ1) is 15.4. The van der Waals surface area contributed by atoms with Crippen molar-refractivity contribution in [1.29, 1.82) is 0 Å². The van der Waals surface area contributed by atoms with Crippen LogP contribution < -0.4 is 10.6 Å². The molecule has 2 N–H and O–H groups in total. The second-order valence-electron chi connectivity index (χ2n) is 4.31. The van der Waals surface area contributed by atoms with E-state index in [-0.39, 0.29) is 0 Å². The van der Waals surface area contributed by atoms with Gasteiger partial charge in [-0.05, 0) is 36.8 Å². The summed E-state index contributed by atoms with van der Waals surface area (Å²) in [5.41, 5.74) is 2.27. The lowest BCUT2D eigenvalue weighted by molar-refractivity contribution is 0.256. The number of amides is 2. The van der Waals surface area contributed by atoms with Gasteiger partial charge in [-0.3, -0.25) is 10.3 Å². The number of nitrogens with zero attached hydrogens (tertiary/aromatic N) is 1. The number of anilines is 1. The fourth-order valence-electron chi connectivity index (χ4n) is 1.67.